The van der Waals surface area contributed by atoms with E-state index in [0.29, 0.717) is 15.7 Å². The van der Waals surface area contributed by atoms with Crippen molar-refractivity contribution in [3.8, 4) is 0 Å². The van der Waals surface area contributed by atoms with Crippen LogP contribution in [0, 0.1) is 0 Å². The number of fused-ring (bicyclic) bond motifs is 1. The third-order valence-electron chi connectivity index (χ3n) is 3.73. The first kappa shape index (κ1) is 18.2. The third kappa shape index (κ3) is 4.75. The topological polar surface area (TPSA) is 55.4 Å². The SMILES string of the molecule is O=C(COC(=O)Cc1cccc2ccccc12)Nc1cc(Cl)cc(Cl)c1. The smallest absolute Gasteiger partial charge is 0.310 e. The molecule has 1 amide bonds. The summed E-state index contributed by atoms with van der Waals surface area (Å²) >= 11 is 11.8. The second kappa shape index (κ2) is 8.21. The molecule has 4 nitrogen and oxygen atoms in total. The molecule has 26 heavy (non-hydrogen) atoms. The molecule has 0 atom stereocenters. The van der Waals surface area contributed by atoms with Gasteiger partial charge in [0.2, 0.25) is 0 Å². The predicted octanol–water partition coefficient (Wildman–Crippen LogP) is 4.87. The van der Waals surface area contributed by atoms with Crippen LogP contribution in [-0.2, 0) is 20.7 Å². The largest absolute Gasteiger partial charge is 0.455 e. The first-order chi connectivity index (χ1) is 12.5. The van der Waals surface area contributed by atoms with Crippen LogP contribution in [0.15, 0.2) is 60.7 Å². The Bertz CT molecular complexity index is 947. The van der Waals surface area contributed by atoms with E-state index in [0.717, 1.165) is 16.3 Å². The van der Waals surface area contributed by atoms with Gasteiger partial charge >= 0.3 is 5.97 Å². The lowest BCUT2D eigenvalue weighted by Crippen LogP contribution is -2.21. The number of ether oxygens (including phenoxy) is 1. The summed E-state index contributed by atoms with van der Waals surface area (Å²) in [5.74, 6) is -0.935. The molecule has 3 rings (SSSR count). The molecule has 0 saturated carbocycles. The van der Waals surface area contributed by atoms with Crippen molar-refractivity contribution in [3.05, 3.63) is 76.3 Å². The second-order valence-electron chi connectivity index (χ2n) is 5.68. The molecular weight excluding hydrogens is 373 g/mol. The van der Waals surface area contributed by atoms with E-state index in [1.165, 1.54) is 0 Å². The van der Waals surface area contributed by atoms with Gasteiger partial charge in [0, 0.05) is 15.7 Å². The molecule has 0 aliphatic rings. The lowest BCUT2D eigenvalue weighted by atomic mass is 10.0. The molecule has 0 aromatic heterocycles. The fourth-order valence-electron chi connectivity index (χ4n) is 2.62. The van der Waals surface area contributed by atoms with Crippen molar-refractivity contribution in [2.75, 3.05) is 11.9 Å². The summed E-state index contributed by atoms with van der Waals surface area (Å²) in [6, 6.07) is 18.2. The number of hydrogen-bond donors (Lipinski definition) is 1. The van der Waals surface area contributed by atoms with Gasteiger partial charge in [-0.15, -0.1) is 0 Å². The number of rotatable bonds is 5. The van der Waals surface area contributed by atoms with Crippen LogP contribution < -0.4 is 5.32 Å². The van der Waals surface area contributed by atoms with Gasteiger partial charge in [0.15, 0.2) is 6.61 Å². The Kier molecular flexibility index (Phi) is 5.76. The Balaban J connectivity index is 1.57. The van der Waals surface area contributed by atoms with Crippen molar-refractivity contribution in [2.45, 2.75) is 6.42 Å². The highest BCUT2D eigenvalue weighted by Crippen LogP contribution is 2.22. The van der Waals surface area contributed by atoms with Crippen molar-refractivity contribution in [1.82, 2.24) is 0 Å². The number of nitrogens with one attached hydrogen (secondary N) is 1. The van der Waals surface area contributed by atoms with Crippen LogP contribution >= 0.6 is 23.2 Å². The van der Waals surface area contributed by atoms with Crippen LogP contribution in [0.5, 0.6) is 0 Å². The minimum Gasteiger partial charge on any atom is -0.455 e. The average Bonchev–Trinajstić information content (AvgIpc) is 2.59. The Labute approximate surface area is 160 Å². The Morgan fingerprint density at radius 1 is 0.923 bits per heavy atom. The van der Waals surface area contributed by atoms with E-state index >= 15 is 0 Å². The van der Waals surface area contributed by atoms with Gasteiger partial charge in [-0.3, -0.25) is 9.59 Å². The zero-order valence-corrected chi connectivity index (χ0v) is 15.2. The van der Waals surface area contributed by atoms with Gasteiger partial charge in [-0.05, 0) is 34.5 Å². The summed E-state index contributed by atoms with van der Waals surface area (Å²) in [6.07, 6.45) is 0.0949. The number of benzene rings is 3. The van der Waals surface area contributed by atoms with Crippen LogP contribution in [-0.4, -0.2) is 18.5 Å². The highest BCUT2D eigenvalue weighted by atomic mass is 35.5. The summed E-state index contributed by atoms with van der Waals surface area (Å²) in [5, 5.41) is 5.43. The molecule has 3 aromatic carbocycles. The molecule has 0 fully saturated rings. The van der Waals surface area contributed by atoms with Gasteiger partial charge in [0.25, 0.3) is 5.91 Å². The van der Waals surface area contributed by atoms with Crippen molar-refractivity contribution in [1.29, 1.82) is 0 Å². The molecule has 0 saturated heterocycles. The molecule has 1 N–H and O–H groups in total. The van der Waals surface area contributed by atoms with Gasteiger partial charge in [-0.25, -0.2) is 0 Å². The monoisotopic (exact) mass is 387 g/mol. The lowest BCUT2D eigenvalue weighted by Gasteiger charge is -2.09. The Morgan fingerprint density at radius 3 is 2.38 bits per heavy atom. The van der Waals surface area contributed by atoms with Gasteiger partial charge in [-0.2, -0.15) is 0 Å². The normalized spacial score (nSPS) is 10.5. The fraction of sp³-hybridized carbons (Fsp3) is 0.100. The number of hydrogen-bond acceptors (Lipinski definition) is 3. The predicted molar refractivity (Wildman–Crippen MR) is 104 cm³/mol. The maximum atomic E-state index is 12.1. The molecule has 6 heteroatoms. The summed E-state index contributed by atoms with van der Waals surface area (Å²) in [5.41, 5.74) is 1.30. The van der Waals surface area contributed by atoms with E-state index in [2.05, 4.69) is 5.32 Å². The van der Waals surface area contributed by atoms with Crippen molar-refractivity contribution >= 4 is 51.5 Å². The molecule has 0 radical (unpaired) electrons. The summed E-state index contributed by atoms with van der Waals surface area (Å²) in [7, 11) is 0. The van der Waals surface area contributed by atoms with E-state index in [1.54, 1.807) is 18.2 Å². The quantitative estimate of drug-likeness (QED) is 0.635. The van der Waals surface area contributed by atoms with E-state index in [1.807, 2.05) is 42.5 Å². The van der Waals surface area contributed by atoms with Crippen LogP contribution in [0.3, 0.4) is 0 Å². The molecule has 0 unspecified atom stereocenters. The molecule has 0 spiro atoms. The molecule has 0 heterocycles. The standard InChI is InChI=1S/C20H15Cl2NO3/c21-15-9-16(22)11-17(10-15)23-19(24)12-26-20(25)8-14-6-3-5-13-4-1-2-7-18(13)14/h1-7,9-11H,8,12H2,(H,23,24). The van der Waals surface area contributed by atoms with E-state index in [9.17, 15) is 9.59 Å². The highest BCUT2D eigenvalue weighted by Gasteiger charge is 2.11. The zero-order chi connectivity index (χ0) is 18.5. The van der Waals surface area contributed by atoms with Crippen LogP contribution in [0.1, 0.15) is 5.56 Å². The second-order valence-corrected chi connectivity index (χ2v) is 6.55. The maximum absolute atomic E-state index is 12.1. The average molecular weight is 388 g/mol. The molecule has 132 valence electrons. The van der Waals surface area contributed by atoms with Crippen LogP contribution in [0.2, 0.25) is 10.0 Å². The van der Waals surface area contributed by atoms with Crippen molar-refractivity contribution in [3.63, 3.8) is 0 Å². The number of halogens is 2. The molecule has 0 aliphatic carbocycles. The third-order valence-corrected chi connectivity index (χ3v) is 4.16. The number of carbonyl (C=O) groups excluding carboxylic acids is 2. The van der Waals surface area contributed by atoms with Crippen LogP contribution in [0.4, 0.5) is 5.69 Å². The molecule has 0 bridgehead atoms. The zero-order valence-electron chi connectivity index (χ0n) is 13.7. The first-order valence-electron chi connectivity index (χ1n) is 7.89. The Morgan fingerprint density at radius 2 is 1.62 bits per heavy atom. The van der Waals surface area contributed by atoms with Gasteiger partial charge < -0.3 is 10.1 Å². The minimum absolute atomic E-state index is 0.0949. The first-order valence-corrected chi connectivity index (χ1v) is 8.65. The summed E-state index contributed by atoms with van der Waals surface area (Å²) < 4.78 is 5.07. The number of amides is 1. The molecule has 0 aliphatic heterocycles. The maximum Gasteiger partial charge on any atom is 0.310 e. The van der Waals surface area contributed by atoms with Gasteiger partial charge in [-0.1, -0.05) is 65.7 Å². The van der Waals surface area contributed by atoms with Crippen molar-refractivity contribution < 1.29 is 14.3 Å². The van der Waals surface area contributed by atoms with Crippen LogP contribution in [0.25, 0.3) is 10.8 Å². The Hall–Kier alpha value is -2.56. The lowest BCUT2D eigenvalue weighted by molar-refractivity contribution is -0.146. The highest BCUT2D eigenvalue weighted by molar-refractivity contribution is 6.35. The fourth-order valence-corrected chi connectivity index (χ4v) is 3.15. The van der Waals surface area contributed by atoms with E-state index in [-0.39, 0.29) is 13.0 Å². The minimum atomic E-state index is -0.472. The van der Waals surface area contributed by atoms with Gasteiger partial charge in [0.1, 0.15) is 0 Å². The number of esters is 1. The summed E-state index contributed by atoms with van der Waals surface area (Å²) in [4.78, 5) is 24.0. The molecule has 3 aromatic rings. The van der Waals surface area contributed by atoms with E-state index < -0.39 is 11.9 Å². The van der Waals surface area contributed by atoms with E-state index in [4.69, 9.17) is 27.9 Å². The van der Waals surface area contributed by atoms with Crippen molar-refractivity contribution in [2.24, 2.45) is 0 Å². The number of carbonyl (C=O) groups is 2. The number of anilines is 1. The van der Waals surface area contributed by atoms with Gasteiger partial charge in [0.05, 0.1) is 6.42 Å². The summed E-state index contributed by atoms with van der Waals surface area (Å²) in [6.45, 7) is -0.381. The molecular formula is C20H15Cl2NO3.